The average Bonchev–Trinajstić information content (AvgIpc) is 2.45. The van der Waals surface area contributed by atoms with E-state index in [9.17, 15) is 4.79 Å². The number of nitrogens with zero attached hydrogens (tertiary/aromatic N) is 1. The largest absolute Gasteiger partial charge is 0.457 e. The zero-order valence-electron chi connectivity index (χ0n) is 10.2. The highest BCUT2D eigenvalue weighted by atomic mass is 16.6. The summed E-state index contributed by atoms with van der Waals surface area (Å²) in [5.41, 5.74) is -0.142. The van der Waals surface area contributed by atoms with Crippen LogP contribution in [0.25, 0.3) is 0 Å². The van der Waals surface area contributed by atoms with Crippen molar-refractivity contribution in [1.82, 2.24) is 4.90 Å². The van der Waals surface area contributed by atoms with Gasteiger partial charge in [0.15, 0.2) is 0 Å². The van der Waals surface area contributed by atoms with Crippen molar-refractivity contribution in [3.8, 4) is 0 Å². The van der Waals surface area contributed by atoms with Gasteiger partial charge in [-0.3, -0.25) is 9.69 Å². The second-order valence-corrected chi connectivity index (χ2v) is 6.00. The van der Waals surface area contributed by atoms with Gasteiger partial charge in [0.25, 0.3) is 0 Å². The summed E-state index contributed by atoms with van der Waals surface area (Å²) in [6.45, 7) is 2.18. The van der Waals surface area contributed by atoms with Gasteiger partial charge in [0, 0.05) is 18.5 Å². The predicted molar refractivity (Wildman–Crippen MR) is 61.0 cm³/mol. The lowest BCUT2D eigenvalue weighted by Crippen LogP contribution is -2.58. The predicted octanol–water partition coefficient (Wildman–Crippen LogP) is 1.95. The van der Waals surface area contributed by atoms with Gasteiger partial charge in [-0.1, -0.05) is 6.92 Å². The summed E-state index contributed by atoms with van der Waals surface area (Å²) < 4.78 is 5.81. The lowest BCUT2D eigenvalue weighted by molar-refractivity contribution is -0.187. The Balaban J connectivity index is 1.89. The van der Waals surface area contributed by atoms with Gasteiger partial charge in [0.1, 0.15) is 5.60 Å². The molecule has 0 aliphatic carbocycles. The molecule has 3 aliphatic rings. The van der Waals surface area contributed by atoms with Gasteiger partial charge in [-0.25, -0.2) is 0 Å². The quantitative estimate of drug-likeness (QED) is 0.588. The molecule has 4 unspecified atom stereocenters. The normalized spacial score (nSPS) is 48.4. The first-order valence-electron chi connectivity index (χ1n) is 6.54. The Morgan fingerprint density at radius 1 is 1.38 bits per heavy atom. The van der Waals surface area contributed by atoms with E-state index in [-0.39, 0.29) is 11.6 Å². The summed E-state index contributed by atoms with van der Waals surface area (Å²) in [7, 11) is 2.20. The van der Waals surface area contributed by atoms with Crippen LogP contribution in [0.3, 0.4) is 0 Å². The van der Waals surface area contributed by atoms with Crippen molar-refractivity contribution >= 4 is 5.97 Å². The maximum absolute atomic E-state index is 11.7. The van der Waals surface area contributed by atoms with E-state index < -0.39 is 0 Å². The molecule has 2 bridgehead atoms. The highest BCUT2D eigenvalue weighted by Crippen LogP contribution is 2.47. The number of carbonyl (C=O) groups excluding carboxylic acids is 1. The molecule has 3 nitrogen and oxygen atoms in total. The van der Waals surface area contributed by atoms with Gasteiger partial charge in [0.05, 0.1) is 0 Å². The molecule has 3 rings (SSSR count). The molecule has 3 fully saturated rings. The Kier molecular flexibility index (Phi) is 2.29. The molecule has 0 aromatic heterocycles. The summed E-state index contributed by atoms with van der Waals surface area (Å²) in [4.78, 5) is 14.2. The van der Waals surface area contributed by atoms with Crippen LogP contribution in [-0.4, -0.2) is 35.6 Å². The molecule has 0 aromatic rings. The molecule has 0 saturated carbocycles. The summed E-state index contributed by atoms with van der Waals surface area (Å²) >= 11 is 0. The van der Waals surface area contributed by atoms with E-state index in [1.807, 2.05) is 0 Å². The average molecular weight is 223 g/mol. The molecule has 3 saturated heterocycles. The third-order valence-corrected chi connectivity index (χ3v) is 4.88. The Morgan fingerprint density at radius 3 is 2.94 bits per heavy atom. The fraction of sp³-hybridized carbons (Fsp3) is 0.923. The maximum atomic E-state index is 11.7. The zero-order chi connectivity index (χ0) is 11.3. The number of fused-ring (bicyclic) bond motifs is 3. The number of hydrogen-bond acceptors (Lipinski definition) is 3. The van der Waals surface area contributed by atoms with Crippen molar-refractivity contribution in [2.24, 2.45) is 5.92 Å². The number of rotatable bonds is 0. The first-order valence-corrected chi connectivity index (χ1v) is 6.54. The summed E-state index contributed by atoms with van der Waals surface area (Å²) in [6.07, 6.45) is 6.47. The van der Waals surface area contributed by atoms with Crippen LogP contribution in [0.15, 0.2) is 0 Å². The zero-order valence-corrected chi connectivity index (χ0v) is 10.2. The van der Waals surface area contributed by atoms with E-state index in [0.29, 0.717) is 18.4 Å². The number of carbonyl (C=O) groups is 1. The second kappa shape index (κ2) is 3.46. The van der Waals surface area contributed by atoms with E-state index in [4.69, 9.17) is 4.74 Å². The number of esters is 1. The minimum atomic E-state index is -0.142. The minimum absolute atomic E-state index is 0.0255. The van der Waals surface area contributed by atoms with Crippen molar-refractivity contribution in [3.63, 3.8) is 0 Å². The number of hydrogen-bond donors (Lipinski definition) is 0. The Labute approximate surface area is 97.1 Å². The van der Waals surface area contributed by atoms with E-state index >= 15 is 0 Å². The molecule has 0 amide bonds. The molecule has 0 N–H and O–H groups in total. The van der Waals surface area contributed by atoms with Crippen molar-refractivity contribution < 1.29 is 9.53 Å². The van der Waals surface area contributed by atoms with Crippen LogP contribution in [0, 0.1) is 5.92 Å². The van der Waals surface area contributed by atoms with Gasteiger partial charge in [-0.05, 0) is 45.1 Å². The van der Waals surface area contributed by atoms with Gasteiger partial charge in [-0.2, -0.15) is 0 Å². The molecule has 4 atom stereocenters. The van der Waals surface area contributed by atoms with E-state index in [1.165, 1.54) is 19.3 Å². The van der Waals surface area contributed by atoms with Gasteiger partial charge < -0.3 is 4.74 Å². The van der Waals surface area contributed by atoms with Crippen LogP contribution >= 0.6 is 0 Å². The lowest BCUT2D eigenvalue weighted by atomic mass is 9.76. The number of piperidine rings is 1. The van der Waals surface area contributed by atoms with Crippen molar-refractivity contribution in [1.29, 1.82) is 0 Å². The fourth-order valence-corrected chi connectivity index (χ4v) is 4.19. The maximum Gasteiger partial charge on any atom is 0.306 e. The van der Waals surface area contributed by atoms with Crippen LogP contribution in [0.5, 0.6) is 0 Å². The molecule has 3 heterocycles. The highest BCUT2D eigenvalue weighted by Gasteiger charge is 2.54. The van der Waals surface area contributed by atoms with Crippen LogP contribution in [0.2, 0.25) is 0 Å². The Hall–Kier alpha value is -0.570. The number of likely N-dealkylation sites (N-methyl/N-ethyl adjacent to an activating group) is 1. The van der Waals surface area contributed by atoms with Crippen LogP contribution in [-0.2, 0) is 9.53 Å². The van der Waals surface area contributed by atoms with Crippen LogP contribution < -0.4 is 0 Å². The van der Waals surface area contributed by atoms with E-state index in [1.54, 1.807) is 0 Å². The molecule has 3 heteroatoms. The molecule has 16 heavy (non-hydrogen) atoms. The molecule has 0 radical (unpaired) electrons. The number of ether oxygens (including phenoxy) is 1. The van der Waals surface area contributed by atoms with Crippen molar-refractivity contribution in [2.45, 2.75) is 63.1 Å². The standard InChI is InChI=1S/C13H21NO2/c1-9-7-12(15)16-13(8-9)6-5-10-3-4-11(13)14(10)2/h9-11H,3-8H2,1-2H3. The third-order valence-electron chi connectivity index (χ3n) is 4.88. The SMILES string of the molecule is CC1CC(=O)OC2(CCC3CCC2N3C)C1. The molecular weight excluding hydrogens is 202 g/mol. The van der Waals surface area contributed by atoms with E-state index in [0.717, 1.165) is 18.9 Å². The topological polar surface area (TPSA) is 29.5 Å². The van der Waals surface area contributed by atoms with Gasteiger partial charge >= 0.3 is 5.97 Å². The molecular formula is C13H21NO2. The summed E-state index contributed by atoms with van der Waals surface area (Å²) in [5, 5.41) is 0. The molecule has 1 spiro atoms. The summed E-state index contributed by atoms with van der Waals surface area (Å²) in [6, 6.07) is 1.23. The first kappa shape index (κ1) is 10.6. The lowest BCUT2D eigenvalue weighted by Gasteiger charge is -2.49. The highest BCUT2D eigenvalue weighted by molar-refractivity contribution is 5.71. The van der Waals surface area contributed by atoms with Crippen molar-refractivity contribution in [3.05, 3.63) is 0 Å². The fourth-order valence-electron chi connectivity index (χ4n) is 4.19. The molecule has 3 aliphatic heterocycles. The van der Waals surface area contributed by atoms with Crippen molar-refractivity contribution in [2.75, 3.05) is 7.05 Å². The third kappa shape index (κ3) is 1.41. The Bertz CT molecular complexity index is 317. The summed E-state index contributed by atoms with van der Waals surface area (Å²) in [5.74, 6) is 0.518. The monoisotopic (exact) mass is 223 g/mol. The van der Waals surface area contributed by atoms with Gasteiger partial charge in [-0.15, -0.1) is 0 Å². The molecule has 0 aromatic carbocycles. The Morgan fingerprint density at radius 2 is 2.19 bits per heavy atom. The van der Waals surface area contributed by atoms with E-state index in [2.05, 4.69) is 18.9 Å². The second-order valence-electron chi connectivity index (χ2n) is 6.00. The molecule has 90 valence electrons. The minimum Gasteiger partial charge on any atom is -0.457 e. The van der Waals surface area contributed by atoms with Gasteiger partial charge in [0.2, 0.25) is 0 Å². The van der Waals surface area contributed by atoms with Crippen LogP contribution in [0.4, 0.5) is 0 Å². The smallest absolute Gasteiger partial charge is 0.306 e. The first-order chi connectivity index (χ1) is 7.61. The van der Waals surface area contributed by atoms with Crippen LogP contribution in [0.1, 0.15) is 45.4 Å².